The number of methoxy groups -OCH3 is 1. The van der Waals surface area contributed by atoms with Gasteiger partial charge in [-0.2, -0.15) is 0 Å². The van der Waals surface area contributed by atoms with Crippen molar-refractivity contribution in [2.24, 2.45) is 0 Å². The topological polar surface area (TPSA) is 65.1 Å². The zero-order valence-corrected chi connectivity index (χ0v) is 22.9. The van der Waals surface area contributed by atoms with Crippen molar-refractivity contribution in [1.29, 1.82) is 0 Å². The number of ether oxygens (including phenoxy) is 3. The molecular weight excluding hydrogens is 569 g/mol. The molecule has 0 aliphatic carbocycles. The van der Waals surface area contributed by atoms with E-state index in [0.29, 0.717) is 18.8 Å². The molecule has 0 radical (unpaired) electrons. The highest BCUT2D eigenvalue weighted by atomic mass is 127. The Balaban J connectivity index is 2.26. The van der Waals surface area contributed by atoms with Crippen molar-refractivity contribution in [2.75, 3.05) is 20.3 Å². The largest absolute Gasteiger partial charge is 0.497 e. The van der Waals surface area contributed by atoms with Crippen LogP contribution in [0.25, 0.3) is 5.70 Å². The fraction of sp³-hybridized carbons (Fsp3) is 0.241. The molecule has 36 heavy (non-hydrogen) atoms. The first kappa shape index (κ1) is 27.3. The maximum atomic E-state index is 13.3. The monoisotopic (exact) mass is 599 g/mol. The van der Waals surface area contributed by atoms with Crippen LogP contribution in [-0.2, 0) is 32.2 Å². The molecule has 0 aliphatic rings. The average Bonchev–Trinajstić information content (AvgIpc) is 2.88. The van der Waals surface area contributed by atoms with E-state index in [1.54, 1.807) is 21.0 Å². The van der Waals surface area contributed by atoms with Crippen molar-refractivity contribution in [2.45, 2.75) is 26.9 Å². The van der Waals surface area contributed by atoms with Crippen LogP contribution in [0.2, 0.25) is 0 Å². The van der Waals surface area contributed by atoms with Crippen molar-refractivity contribution in [3.8, 4) is 5.75 Å². The first-order chi connectivity index (χ1) is 17.5. The second-order valence-corrected chi connectivity index (χ2v) is 9.00. The van der Waals surface area contributed by atoms with Crippen molar-refractivity contribution < 1.29 is 23.8 Å². The Kier molecular flexibility index (Phi) is 10.4. The second-order valence-electron chi connectivity index (χ2n) is 7.83. The molecule has 6 nitrogen and oxygen atoms in total. The summed E-state index contributed by atoms with van der Waals surface area (Å²) in [7, 11) is 1.62. The molecule has 0 atom stereocenters. The molecule has 0 fully saturated rings. The van der Waals surface area contributed by atoms with E-state index in [2.05, 4.69) is 22.6 Å². The van der Waals surface area contributed by atoms with Gasteiger partial charge in [0.2, 0.25) is 0 Å². The molecule has 0 N–H and O–H groups in total. The fourth-order valence-corrected chi connectivity index (χ4v) is 4.41. The average molecular weight is 599 g/mol. The van der Waals surface area contributed by atoms with E-state index in [4.69, 9.17) is 14.2 Å². The summed E-state index contributed by atoms with van der Waals surface area (Å²) in [6, 6.07) is 25.3. The van der Waals surface area contributed by atoms with Gasteiger partial charge in [0, 0.05) is 22.2 Å². The van der Waals surface area contributed by atoms with Crippen molar-refractivity contribution in [1.82, 2.24) is 4.90 Å². The highest BCUT2D eigenvalue weighted by Gasteiger charge is 2.31. The Morgan fingerprint density at radius 2 is 1.28 bits per heavy atom. The summed E-state index contributed by atoms with van der Waals surface area (Å²) in [5, 5.41) is 0. The third-order valence-electron chi connectivity index (χ3n) is 5.39. The summed E-state index contributed by atoms with van der Waals surface area (Å²) in [5.74, 6) is -0.669. The molecule has 0 amide bonds. The van der Waals surface area contributed by atoms with Crippen molar-refractivity contribution >= 4 is 40.2 Å². The van der Waals surface area contributed by atoms with Crippen LogP contribution in [0, 0.1) is 3.57 Å². The lowest BCUT2D eigenvalue weighted by atomic mass is 10.0. The van der Waals surface area contributed by atoms with Gasteiger partial charge in [-0.1, -0.05) is 60.7 Å². The highest BCUT2D eigenvalue weighted by molar-refractivity contribution is 14.1. The van der Waals surface area contributed by atoms with Gasteiger partial charge >= 0.3 is 11.9 Å². The predicted octanol–water partition coefficient (Wildman–Crippen LogP) is 5.84. The lowest BCUT2D eigenvalue weighted by molar-refractivity contribution is -0.146. The van der Waals surface area contributed by atoms with Crippen LogP contribution in [-0.4, -0.2) is 37.2 Å². The molecule has 0 bridgehead atoms. The molecule has 0 saturated carbocycles. The summed E-state index contributed by atoms with van der Waals surface area (Å²) in [5.41, 5.74) is 3.12. The van der Waals surface area contributed by atoms with Gasteiger partial charge in [-0.05, 0) is 65.8 Å². The third kappa shape index (κ3) is 7.10. The van der Waals surface area contributed by atoms with E-state index < -0.39 is 11.9 Å². The van der Waals surface area contributed by atoms with Crippen LogP contribution in [0.3, 0.4) is 0 Å². The summed E-state index contributed by atoms with van der Waals surface area (Å²) >= 11 is 2.22. The van der Waals surface area contributed by atoms with E-state index in [9.17, 15) is 9.59 Å². The lowest BCUT2D eigenvalue weighted by Crippen LogP contribution is -2.29. The van der Waals surface area contributed by atoms with Crippen LogP contribution >= 0.6 is 22.6 Å². The maximum absolute atomic E-state index is 13.3. The fourth-order valence-electron chi connectivity index (χ4n) is 3.77. The lowest BCUT2D eigenvalue weighted by Gasteiger charge is -2.30. The minimum atomic E-state index is -0.710. The van der Waals surface area contributed by atoms with Gasteiger partial charge in [0.15, 0.2) is 5.57 Å². The van der Waals surface area contributed by atoms with Gasteiger partial charge in [0.25, 0.3) is 0 Å². The third-order valence-corrected chi connectivity index (χ3v) is 6.33. The number of nitrogens with zero attached hydrogens (tertiary/aromatic N) is 1. The number of carbonyl (C=O) groups is 2. The van der Waals surface area contributed by atoms with Crippen LogP contribution in [0.1, 0.15) is 30.5 Å². The number of hydrogen-bond donors (Lipinski definition) is 0. The predicted molar refractivity (Wildman–Crippen MR) is 148 cm³/mol. The van der Waals surface area contributed by atoms with Crippen molar-refractivity contribution in [3.05, 3.63) is 105 Å². The summed E-state index contributed by atoms with van der Waals surface area (Å²) in [6.07, 6.45) is 0. The Hall–Kier alpha value is -3.33. The molecule has 188 valence electrons. The Labute approximate surface area is 226 Å². The Bertz CT molecular complexity index is 1170. The molecule has 3 aromatic rings. The van der Waals surface area contributed by atoms with E-state index in [0.717, 1.165) is 26.0 Å². The maximum Gasteiger partial charge on any atom is 0.347 e. The van der Waals surface area contributed by atoms with Crippen LogP contribution < -0.4 is 4.74 Å². The molecule has 0 heterocycles. The molecule has 0 saturated heterocycles. The summed E-state index contributed by atoms with van der Waals surface area (Å²) in [6.45, 7) is 4.59. The van der Waals surface area contributed by atoms with E-state index in [1.165, 1.54) is 0 Å². The highest BCUT2D eigenvalue weighted by Crippen LogP contribution is 2.32. The van der Waals surface area contributed by atoms with Gasteiger partial charge in [0.1, 0.15) is 5.75 Å². The van der Waals surface area contributed by atoms with Crippen LogP contribution in [0.15, 0.2) is 84.4 Å². The quantitative estimate of drug-likeness (QED) is 0.0908. The smallest absolute Gasteiger partial charge is 0.347 e. The summed E-state index contributed by atoms with van der Waals surface area (Å²) < 4.78 is 16.9. The normalized spacial score (nSPS) is 10.3. The van der Waals surface area contributed by atoms with Crippen molar-refractivity contribution in [3.63, 3.8) is 0 Å². The molecular formula is C29H30INO5. The minimum absolute atomic E-state index is 0.118. The van der Waals surface area contributed by atoms with E-state index in [1.807, 2.05) is 83.8 Å². The minimum Gasteiger partial charge on any atom is -0.497 e. The molecule has 0 aliphatic heterocycles. The number of rotatable bonds is 11. The SMILES string of the molecule is CCOC(=O)C(C(=O)OCC)=C(c1ccccc1I)N(Cc1ccccc1)Cc1ccc(OC)cc1. The zero-order valence-electron chi connectivity index (χ0n) is 20.7. The van der Waals surface area contributed by atoms with Crippen LogP contribution in [0.5, 0.6) is 5.75 Å². The summed E-state index contributed by atoms with van der Waals surface area (Å²) in [4.78, 5) is 28.5. The number of carbonyl (C=O) groups excluding carboxylic acids is 2. The molecule has 3 aromatic carbocycles. The number of hydrogen-bond acceptors (Lipinski definition) is 6. The van der Waals surface area contributed by atoms with Gasteiger partial charge in [-0.25, -0.2) is 9.59 Å². The Morgan fingerprint density at radius 1 is 0.750 bits per heavy atom. The molecule has 0 aromatic heterocycles. The van der Waals surface area contributed by atoms with Gasteiger partial charge in [-0.15, -0.1) is 0 Å². The standard InChI is InChI=1S/C29H30INO5/c1-4-35-28(32)26(29(33)36-5-2)27(24-13-9-10-14-25(24)30)31(19-21-11-7-6-8-12-21)20-22-15-17-23(34-3)18-16-22/h6-18H,4-5,19-20H2,1-3H3. The molecule has 3 rings (SSSR count). The van der Waals surface area contributed by atoms with Gasteiger partial charge < -0.3 is 19.1 Å². The number of halogens is 1. The molecule has 0 unspecified atom stereocenters. The zero-order chi connectivity index (χ0) is 25.9. The van der Waals surface area contributed by atoms with E-state index >= 15 is 0 Å². The first-order valence-corrected chi connectivity index (χ1v) is 12.8. The number of esters is 2. The first-order valence-electron chi connectivity index (χ1n) is 11.7. The molecule has 7 heteroatoms. The Morgan fingerprint density at radius 3 is 1.81 bits per heavy atom. The van der Waals surface area contributed by atoms with E-state index in [-0.39, 0.29) is 18.8 Å². The number of benzene rings is 3. The van der Waals surface area contributed by atoms with Crippen LogP contribution in [0.4, 0.5) is 0 Å². The molecule has 0 spiro atoms. The van der Waals surface area contributed by atoms with Gasteiger partial charge in [-0.3, -0.25) is 0 Å². The van der Waals surface area contributed by atoms with Gasteiger partial charge in [0.05, 0.1) is 26.0 Å². The second kappa shape index (κ2) is 13.7.